The molecule has 1 unspecified atom stereocenters. The number of nitro benzene ring substituents is 2. The van der Waals surface area contributed by atoms with Gasteiger partial charge in [0.15, 0.2) is 11.5 Å². The second-order valence-electron chi connectivity index (χ2n) is 11.3. The van der Waals surface area contributed by atoms with Gasteiger partial charge in [0.1, 0.15) is 24.6 Å². The molecule has 1 aliphatic carbocycles. The minimum Gasteiger partial charge on any atom is -0.460 e. The maximum atomic E-state index is 13.6. The lowest BCUT2D eigenvalue weighted by Gasteiger charge is -2.46. The molecule has 0 aromatic heterocycles. The maximum Gasteiger partial charge on any atom is 0.333 e. The number of hydrogen-bond acceptors (Lipinski definition) is 11. The summed E-state index contributed by atoms with van der Waals surface area (Å²) in [5.41, 5.74) is -0.0395. The normalized spacial score (nSPS) is 24.5. The molecule has 0 bridgehead atoms. The van der Waals surface area contributed by atoms with Gasteiger partial charge in [-0.3, -0.25) is 34.6 Å². The number of nitro groups is 2. The van der Waals surface area contributed by atoms with Crippen molar-refractivity contribution in [2.24, 2.45) is 0 Å². The number of non-ortho nitro benzene ring substituents is 2. The van der Waals surface area contributed by atoms with Crippen LogP contribution in [0.1, 0.15) is 36.0 Å². The van der Waals surface area contributed by atoms with Gasteiger partial charge in [0.05, 0.1) is 14.6 Å². The third-order valence-corrected chi connectivity index (χ3v) is 10.2. The van der Waals surface area contributed by atoms with Crippen molar-refractivity contribution in [1.82, 2.24) is 10.2 Å². The third kappa shape index (κ3) is 5.21. The number of thioether (sulfide) groups is 1. The highest BCUT2D eigenvalue weighted by Gasteiger charge is 2.85. The number of β-lactam (4-membered cyclic amide) rings is 1. The van der Waals surface area contributed by atoms with Gasteiger partial charge in [0, 0.05) is 30.7 Å². The van der Waals surface area contributed by atoms with Crippen LogP contribution in [-0.2, 0) is 41.9 Å². The minimum atomic E-state index is -1.40. The molecule has 236 valence electrons. The van der Waals surface area contributed by atoms with Crippen molar-refractivity contribution in [3.05, 3.63) is 116 Å². The molecule has 1 saturated carbocycles. The number of ether oxygens (including phenoxy) is 2. The first-order valence-electron chi connectivity index (χ1n) is 14.1. The molecule has 2 amide bonds. The van der Waals surface area contributed by atoms with E-state index in [9.17, 15) is 39.4 Å². The smallest absolute Gasteiger partial charge is 0.333 e. The van der Waals surface area contributed by atoms with E-state index < -0.39 is 61.2 Å². The first-order chi connectivity index (χ1) is 21.9. The first kappa shape index (κ1) is 30.7. The molecule has 2 saturated heterocycles. The monoisotopic (exact) mass is 646 g/mol. The molecule has 2 heterocycles. The molecule has 6 rings (SSSR count). The van der Waals surface area contributed by atoms with Gasteiger partial charge in [-0.05, 0) is 47.9 Å². The predicted molar refractivity (Wildman–Crippen MR) is 161 cm³/mol. The molecule has 0 spiro atoms. The quantitative estimate of drug-likeness (QED) is 0.106. The molecular formula is C31H26N4O10S. The average Bonchev–Trinajstić information content (AvgIpc) is 3.58. The Bertz CT molecular complexity index is 1750. The van der Waals surface area contributed by atoms with Crippen molar-refractivity contribution in [2.75, 3.05) is 0 Å². The molecule has 3 aliphatic rings. The van der Waals surface area contributed by atoms with Crippen molar-refractivity contribution < 1.29 is 38.5 Å². The maximum absolute atomic E-state index is 13.6. The Morgan fingerprint density at radius 3 is 2.00 bits per heavy atom. The largest absolute Gasteiger partial charge is 0.460 e. The minimum absolute atomic E-state index is 0.0926. The van der Waals surface area contributed by atoms with E-state index in [1.54, 1.807) is 30.3 Å². The standard InChI is InChI=1S/C31H26N4O10S/c1-30-17-31(30,29(39)45-16-19-9-13-22(14-10-19)35(42)43)33-26(37)24(27(33)46-30)32-25(36)23(20-5-3-2-4-6-20)28(38)44-15-18-7-11-21(12-8-18)34(40)41/h2-14,23-24,27H,15-17H2,1H3,(H,32,36)/t23?,24-,27-,30-,31-/m1/s1. The summed E-state index contributed by atoms with van der Waals surface area (Å²) in [5.74, 6) is -4.10. The summed E-state index contributed by atoms with van der Waals surface area (Å²) in [6.45, 7) is 1.48. The molecule has 5 atom stereocenters. The van der Waals surface area contributed by atoms with Gasteiger partial charge in [-0.1, -0.05) is 30.3 Å². The second-order valence-corrected chi connectivity index (χ2v) is 13.0. The fraction of sp³-hybridized carbons (Fsp3) is 0.290. The molecular weight excluding hydrogens is 620 g/mol. The molecule has 46 heavy (non-hydrogen) atoms. The molecule has 2 aliphatic heterocycles. The van der Waals surface area contributed by atoms with E-state index in [4.69, 9.17) is 9.47 Å². The molecule has 3 aromatic carbocycles. The zero-order chi connectivity index (χ0) is 32.8. The van der Waals surface area contributed by atoms with Crippen molar-refractivity contribution in [1.29, 1.82) is 0 Å². The van der Waals surface area contributed by atoms with Crippen LogP contribution in [0.2, 0.25) is 0 Å². The Hall–Kier alpha value is -5.31. The Labute approximate surface area is 265 Å². The SMILES string of the molecule is C[C@@]12C[C@]1(C(=O)OCc1ccc([N+](=O)[O-])cc1)N1C(=O)[C@@H](NC(=O)C(C(=O)OCc3ccc([N+](=O)[O-])cc3)c3ccccc3)[C@H]1S2. The van der Waals surface area contributed by atoms with Crippen LogP contribution in [0.3, 0.4) is 0 Å². The van der Waals surface area contributed by atoms with Gasteiger partial charge in [0.2, 0.25) is 11.8 Å². The summed E-state index contributed by atoms with van der Waals surface area (Å²) in [6.07, 6.45) is 0.369. The van der Waals surface area contributed by atoms with Gasteiger partial charge < -0.3 is 19.7 Å². The van der Waals surface area contributed by atoms with Crippen LogP contribution in [0.4, 0.5) is 11.4 Å². The van der Waals surface area contributed by atoms with Crippen LogP contribution in [-0.4, -0.2) is 60.2 Å². The van der Waals surface area contributed by atoms with E-state index >= 15 is 0 Å². The Kier molecular flexibility index (Phi) is 7.72. The number of nitrogens with zero attached hydrogens (tertiary/aromatic N) is 3. The highest BCUT2D eigenvalue weighted by molar-refractivity contribution is 8.02. The summed E-state index contributed by atoms with van der Waals surface area (Å²) < 4.78 is 10.3. The third-order valence-electron chi connectivity index (χ3n) is 8.49. The number of amides is 2. The molecule has 3 fully saturated rings. The Balaban J connectivity index is 1.11. The Morgan fingerprint density at radius 1 is 0.913 bits per heavy atom. The first-order valence-corrected chi connectivity index (χ1v) is 15.0. The highest BCUT2D eigenvalue weighted by atomic mass is 32.2. The molecule has 15 heteroatoms. The van der Waals surface area contributed by atoms with Gasteiger partial charge >= 0.3 is 11.9 Å². The van der Waals surface area contributed by atoms with E-state index in [1.165, 1.54) is 65.2 Å². The average molecular weight is 647 g/mol. The van der Waals surface area contributed by atoms with Crippen LogP contribution in [0.15, 0.2) is 78.9 Å². The zero-order valence-electron chi connectivity index (χ0n) is 24.2. The number of benzene rings is 3. The number of esters is 2. The second kappa shape index (κ2) is 11.6. The zero-order valence-corrected chi connectivity index (χ0v) is 25.0. The van der Waals surface area contributed by atoms with Gasteiger partial charge in [0.25, 0.3) is 11.4 Å². The van der Waals surface area contributed by atoms with Gasteiger partial charge in [-0.2, -0.15) is 0 Å². The summed E-state index contributed by atoms with van der Waals surface area (Å²) in [6, 6.07) is 18.3. The topological polar surface area (TPSA) is 188 Å². The molecule has 3 aromatic rings. The Morgan fingerprint density at radius 2 is 1.46 bits per heavy atom. The number of nitrogens with one attached hydrogen (secondary N) is 1. The number of carbonyl (C=O) groups is 4. The number of hydrogen-bond donors (Lipinski definition) is 1. The van der Waals surface area contributed by atoms with Crippen molar-refractivity contribution in [2.45, 2.75) is 54.2 Å². The van der Waals surface area contributed by atoms with E-state index in [2.05, 4.69) is 5.32 Å². The van der Waals surface area contributed by atoms with Crippen molar-refractivity contribution in [3.63, 3.8) is 0 Å². The summed E-state index contributed by atoms with van der Waals surface area (Å²) in [5, 5.41) is 23.9. The van der Waals surface area contributed by atoms with E-state index in [-0.39, 0.29) is 24.6 Å². The lowest BCUT2D eigenvalue weighted by Crippen LogP contribution is -2.72. The molecule has 0 radical (unpaired) electrons. The number of rotatable bonds is 11. The molecule has 1 N–H and O–H groups in total. The highest BCUT2D eigenvalue weighted by Crippen LogP contribution is 2.72. The summed E-state index contributed by atoms with van der Waals surface area (Å²) in [7, 11) is 0. The number of carbonyl (C=O) groups excluding carboxylic acids is 4. The fourth-order valence-electron chi connectivity index (χ4n) is 5.91. The van der Waals surface area contributed by atoms with Crippen molar-refractivity contribution >= 4 is 46.9 Å². The van der Waals surface area contributed by atoms with Gasteiger partial charge in [-0.25, -0.2) is 4.79 Å². The summed E-state index contributed by atoms with van der Waals surface area (Å²) >= 11 is 1.38. The van der Waals surface area contributed by atoms with Gasteiger partial charge in [-0.15, -0.1) is 11.8 Å². The van der Waals surface area contributed by atoms with Crippen LogP contribution < -0.4 is 5.32 Å². The predicted octanol–water partition coefficient (Wildman–Crippen LogP) is 3.37. The lowest BCUT2D eigenvalue weighted by atomic mass is 9.95. The van der Waals surface area contributed by atoms with Crippen LogP contribution in [0.5, 0.6) is 0 Å². The van der Waals surface area contributed by atoms with Crippen LogP contribution in [0.25, 0.3) is 0 Å². The van der Waals surface area contributed by atoms with Crippen LogP contribution in [0, 0.1) is 20.2 Å². The summed E-state index contributed by atoms with van der Waals surface area (Å²) in [4.78, 5) is 75.7. The fourth-order valence-corrected chi connectivity index (χ4v) is 7.82. The van der Waals surface area contributed by atoms with Crippen molar-refractivity contribution in [3.8, 4) is 0 Å². The number of fused-ring (bicyclic) bond motifs is 3. The van der Waals surface area contributed by atoms with E-state index in [0.717, 1.165) is 0 Å². The van der Waals surface area contributed by atoms with E-state index in [0.29, 0.717) is 23.1 Å². The van der Waals surface area contributed by atoms with E-state index in [1.807, 2.05) is 6.92 Å². The lowest BCUT2D eigenvalue weighted by molar-refractivity contribution is -0.385. The van der Waals surface area contributed by atoms with Crippen LogP contribution >= 0.6 is 11.8 Å². The molecule has 14 nitrogen and oxygen atoms in total.